The van der Waals surface area contributed by atoms with E-state index in [9.17, 15) is 9.59 Å². The molecular weight excluding hydrogens is 354 g/mol. The van der Waals surface area contributed by atoms with Crippen LogP contribution in [0, 0.1) is 13.8 Å². The standard InChI is InChI=1S/C23H21NO4/c1-16-12-13-18(14-17(16)2)24-22(25)15-27-23(26)20-10-6-7-11-21(20)28-19-8-4-3-5-9-19/h3-14H,15H2,1-2H3,(H,24,25). The number of para-hydroxylation sites is 2. The van der Waals surface area contributed by atoms with Crippen LogP contribution in [0.2, 0.25) is 0 Å². The first-order chi connectivity index (χ1) is 13.5. The minimum atomic E-state index is -0.623. The van der Waals surface area contributed by atoms with Crippen molar-refractivity contribution in [2.24, 2.45) is 0 Å². The molecule has 0 aliphatic carbocycles. The van der Waals surface area contributed by atoms with E-state index in [-0.39, 0.29) is 12.2 Å². The predicted octanol–water partition coefficient (Wildman–Crippen LogP) is 4.89. The molecule has 1 amide bonds. The molecule has 28 heavy (non-hydrogen) atoms. The Morgan fingerprint density at radius 1 is 0.857 bits per heavy atom. The third-order valence-corrected chi connectivity index (χ3v) is 4.20. The Labute approximate surface area is 163 Å². The molecule has 0 heterocycles. The predicted molar refractivity (Wildman–Crippen MR) is 108 cm³/mol. The van der Waals surface area contributed by atoms with Crippen LogP contribution < -0.4 is 10.1 Å². The zero-order valence-corrected chi connectivity index (χ0v) is 15.8. The largest absolute Gasteiger partial charge is 0.456 e. The highest BCUT2D eigenvalue weighted by atomic mass is 16.5. The van der Waals surface area contributed by atoms with Gasteiger partial charge in [0.2, 0.25) is 0 Å². The van der Waals surface area contributed by atoms with E-state index < -0.39 is 11.9 Å². The fourth-order valence-electron chi connectivity index (χ4n) is 2.56. The van der Waals surface area contributed by atoms with Gasteiger partial charge in [-0.3, -0.25) is 4.79 Å². The molecule has 0 bridgehead atoms. The topological polar surface area (TPSA) is 64.6 Å². The van der Waals surface area contributed by atoms with Crippen LogP contribution in [-0.2, 0) is 9.53 Å². The van der Waals surface area contributed by atoms with Crippen molar-refractivity contribution >= 4 is 17.6 Å². The molecule has 142 valence electrons. The highest BCUT2D eigenvalue weighted by molar-refractivity contribution is 5.96. The summed E-state index contributed by atoms with van der Waals surface area (Å²) >= 11 is 0. The first-order valence-electron chi connectivity index (χ1n) is 8.89. The molecule has 0 fully saturated rings. The second-order valence-corrected chi connectivity index (χ2v) is 6.33. The van der Waals surface area contributed by atoms with Crippen LogP contribution >= 0.6 is 0 Å². The highest BCUT2D eigenvalue weighted by Gasteiger charge is 2.16. The molecule has 3 rings (SSSR count). The number of aryl methyl sites for hydroxylation is 2. The van der Waals surface area contributed by atoms with Gasteiger partial charge in [0.1, 0.15) is 17.1 Å². The number of hydrogen-bond acceptors (Lipinski definition) is 4. The van der Waals surface area contributed by atoms with Crippen molar-refractivity contribution in [3.63, 3.8) is 0 Å². The van der Waals surface area contributed by atoms with Gasteiger partial charge in [-0.1, -0.05) is 36.4 Å². The number of benzene rings is 3. The number of carbonyl (C=O) groups is 2. The zero-order chi connectivity index (χ0) is 19.9. The number of anilines is 1. The summed E-state index contributed by atoms with van der Waals surface area (Å²) < 4.78 is 10.9. The van der Waals surface area contributed by atoms with Crippen molar-refractivity contribution in [2.45, 2.75) is 13.8 Å². The number of carbonyl (C=O) groups excluding carboxylic acids is 2. The van der Waals surface area contributed by atoms with Gasteiger partial charge in [0, 0.05) is 5.69 Å². The third kappa shape index (κ3) is 4.98. The third-order valence-electron chi connectivity index (χ3n) is 4.20. The van der Waals surface area contributed by atoms with Crippen molar-refractivity contribution in [3.8, 4) is 11.5 Å². The summed E-state index contributed by atoms with van der Waals surface area (Å²) in [6.07, 6.45) is 0. The Morgan fingerprint density at radius 3 is 2.32 bits per heavy atom. The lowest BCUT2D eigenvalue weighted by Crippen LogP contribution is -2.21. The second kappa shape index (κ2) is 8.86. The molecule has 0 saturated heterocycles. The maximum absolute atomic E-state index is 12.4. The van der Waals surface area contributed by atoms with Gasteiger partial charge < -0.3 is 14.8 Å². The smallest absolute Gasteiger partial charge is 0.342 e. The monoisotopic (exact) mass is 375 g/mol. The van der Waals surface area contributed by atoms with Crippen molar-refractivity contribution in [1.29, 1.82) is 0 Å². The number of esters is 1. The van der Waals surface area contributed by atoms with Crippen LogP contribution in [0.1, 0.15) is 21.5 Å². The van der Waals surface area contributed by atoms with E-state index in [1.807, 2.05) is 50.2 Å². The van der Waals surface area contributed by atoms with Crippen molar-refractivity contribution in [3.05, 3.63) is 89.5 Å². The summed E-state index contributed by atoms with van der Waals surface area (Å²) in [7, 11) is 0. The van der Waals surface area contributed by atoms with Crippen LogP contribution in [0.4, 0.5) is 5.69 Å². The van der Waals surface area contributed by atoms with Crippen molar-refractivity contribution in [2.75, 3.05) is 11.9 Å². The minimum Gasteiger partial charge on any atom is -0.456 e. The molecule has 0 saturated carbocycles. The summed E-state index contributed by atoms with van der Waals surface area (Å²) in [4.78, 5) is 24.5. The Morgan fingerprint density at radius 2 is 1.57 bits per heavy atom. The lowest BCUT2D eigenvalue weighted by Gasteiger charge is -2.11. The number of ether oxygens (including phenoxy) is 2. The van der Waals surface area contributed by atoms with Crippen LogP contribution in [0.3, 0.4) is 0 Å². The van der Waals surface area contributed by atoms with E-state index in [2.05, 4.69) is 5.32 Å². The SMILES string of the molecule is Cc1ccc(NC(=O)COC(=O)c2ccccc2Oc2ccccc2)cc1C. The Bertz CT molecular complexity index is 983. The fourth-order valence-corrected chi connectivity index (χ4v) is 2.56. The van der Waals surface area contributed by atoms with Crippen LogP contribution in [0.25, 0.3) is 0 Å². The first kappa shape index (κ1) is 19.2. The molecule has 3 aromatic carbocycles. The molecule has 3 aromatic rings. The van der Waals surface area contributed by atoms with Gasteiger partial charge >= 0.3 is 5.97 Å². The maximum Gasteiger partial charge on any atom is 0.342 e. The van der Waals surface area contributed by atoms with Crippen LogP contribution in [0.5, 0.6) is 11.5 Å². The Hall–Kier alpha value is -3.60. The van der Waals surface area contributed by atoms with Crippen molar-refractivity contribution < 1.29 is 19.1 Å². The van der Waals surface area contributed by atoms with E-state index in [1.165, 1.54) is 0 Å². The van der Waals surface area contributed by atoms with Gasteiger partial charge in [-0.25, -0.2) is 4.79 Å². The lowest BCUT2D eigenvalue weighted by atomic mass is 10.1. The summed E-state index contributed by atoms with van der Waals surface area (Å²) in [6.45, 7) is 3.58. The molecular formula is C23H21NO4. The van der Waals surface area contributed by atoms with Gasteiger partial charge in [0.25, 0.3) is 5.91 Å². The van der Waals surface area contributed by atoms with Crippen molar-refractivity contribution in [1.82, 2.24) is 0 Å². The molecule has 5 nitrogen and oxygen atoms in total. The molecule has 0 atom stereocenters. The Kier molecular flexibility index (Phi) is 6.07. The zero-order valence-electron chi connectivity index (χ0n) is 15.8. The van der Waals surface area contributed by atoms with Gasteiger partial charge in [-0.2, -0.15) is 0 Å². The molecule has 0 aliphatic rings. The number of hydrogen-bond donors (Lipinski definition) is 1. The molecule has 0 aromatic heterocycles. The van der Waals surface area contributed by atoms with Gasteiger partial charge in [-0.15, -0.1) is 0 Å². The highest BCUT2D eigenvalue weighted by Crippen LogP contribution is 2.25. The minimum absolute atomic E-state index is 0.255. The normalized spacial score (nSPS) is 10.2. The first-order valence-corrected chi connectivity index (χ1v) is 8.89. The second-order valence-electron chi connectivity index (χ2n) is 6.33. The summed E-state index contributed by atoms with van der Waals surface area (Å²) in [5.41, 5.74) is 3.13. The van der Waals surface area contributed by atoms with E-state index in [0.717, 1.165) is 11.1 Å². The lowest BCUT2D eigenvalue weighted by molar-refractivity contribution is -0.119. The van der Waals surface area contributed by atoms with Crippen LogP contribution in [0.15, 0.2) is 72.8 Å². The molecule has 0 radical (unpaired) electrons. The van der Waals surface area contributed by atoms with Gasteiger partial charge in [-0.05, 0) is 61.4 Å². The fraction of sp³-hybridized carbons (Fsp3) is 0.130. The molecule has 0 unspecified atom stereocenters. The van der Waals surface area contributed by atoms with Gasteiger partial charge in [0.05, 0.1) is 0 Å². The maximum atomic E-state index is 12.4. The summed E-state index contributed by atoms with van der Waals surface area (Å²) in [6, 6.07) is 21.5. The average Bonchev–Trinajstić information content (AvgIpc) is 2.70. The summed E-state index contributed by atoms with van der Waals surface area (Å²) in [5.74, 6) is -0.0525. The van der Waals surface area contributed by atoms with E-state index >= 15 is 0 Å². The molecule has 0 aliphatic heterocycles. The number of nitrogens with one attached hydrogen (secondary N) is 1. The van der Waals surface area contributed by atoms with E-state index in [4.69, 9.17) is 9.47 Å². The molecule has 0 spiro atoms. The average molecular weight is 375 g/mol. The van der Waals surface area contributed by atoms with E-state index in [1.54, 1.807) is 36.4 Å². The number of amides is 1. The molecule has 1 N–H and O–H groups in total. The molecule has 5 heteroatoms. The van der Waals surface area contributed by atoms with E-state index in [0.29, 0.717) is 17.2 Å². The van der Waals surface area contributed by atoms with Gasteiger partial charge in [0.15, 0.2) is 6.61 Å². The Balaban J connectivity index is 1.61. The quantitative estimate of drug-likeness (QED) is 0.623. The number of rotatable bonds is 6. The summed E-state index contributed by atoms with van der Waals surface area (Å²) in [5, 5.41) is 2.72. The van der Waals surface area contributed by atoms with Crippen LogP contribution in [-0.4, -0.2) is 18.5 Å².